The number of carbonyl (C=O) groups excluding carboxylic acids is 1. The highest BCUT2D eigenvalue weighted by atomic mass is 16.7. The number of rotatable bonds is 0. The van der Waals surface area contributed by atoms with Crippen molar-refractivity contribution < 1.29 is 14.3 Å². The van der Waals surface area contributed by atoms with Gasteiger partial charge >= 0.3 is 0 Å². The molecule has 3 fully saturated rings. The van der Waals surface area contributed by atoms with E-state index in [1.54, 1.807) is 0 Å². The smallest absolute Gasteiger partial charge is 0.171 e. The molecule has 96 valence electrons. The molecule has 0 bridgehead atoms. The van der Waals surface area contributed by atoms with Crippen molar-refractivity contribution in [3.05, 3.63) is 0 Å². The van der Waals surface area contributed by atoms with E-state index in [1.807, 2.05) is 0 Å². The van der Waals surface area contributed by atoms with Gasteiger partial charge in [0.2, 0.25) is 0 Å². The summed E-state index contributed by atoms with van der Waals surface area (Å²) in [5.41, 5.74) is -0.113. The van der Waals surface area contributed by atoms with Gasteiger partial charge in [-0.2, -0.15) is 0 Å². The summed E-state index contributed by atoms with van der Waals surface area (Å²) < 4.78 is 11.8. The molecule has 0 unspecified atom stereocenters. The molecule has 3 heteroatoms. The molecule has 0 aromatic rings. The van der Waals surface area contributed by atoms with E-state index < -0.39 is 0 Å². The summed E-state index contributed by atoms with van der Waals surface area (Å²) >= 11 is 0. The molecule has 17 heavy (non-hydrogen) atoms. The number of Topliss-reactive ketones (excluding diaryl/α,β-unsaturated/α-hetero) is 1. The Bertz CT molecular complexity index is 332. The molecular formula is C14H22O3. The summed E-state index contributed by atoms with van der Waals surface area (Å²) in [5, 5.41) is 0. The van der Waals surface area contributed by atoms with Crippen LogP contribution in [0.4, 0.5) is 0 Å². The SMILES string of the molecule is C[C@H]1[C@@H]2CCCC(=O)[C@@]2(C)CCC12OCCO2. The number of hydrogen-bond donors (Lipinski definition) is 0. The van der Waals surface area contributed by atoms with Crippen molar-refractivity contribution in [3.8, 4) is 0 Å². The van der Waals surface area contributed by atoms with Gasteiger partial charge in [0.1, 0.15) is 5.78 Å². The van der Waals surface area contributed by atoms with Crippen molar-refractivity contribution in [2.24, 2.45) is 17.3 Å². The Balaban J connectivity index is 1.90. The molecule has 3 nitrogen and oxygen atoms in total. The van der Waals surface area contributed by atoms with E-state index in [-0.39, 0.29) is 11.2 Å². The maximum Gasteiger partial charge on any atom is 0.171 e. The molecule has 2 aliphatic carbocycles. The first-order valence-corrected chi connectivity index (χ1v) is 6.90. The van der Waals surface area contributed by atoms with Gasteiger partial charge in [-0.15, -0.1) is 0 Å². The minimum Gasteiger partial charge on any atom is -0.347 e. The molecule has 0 aromatic heterocycles. The zero-order valence-corrected chi connectivity index (χ0v) is 10.8. The summed E-state index contributed by atoms with van der Waals surface area (Å²) in [6.07, 6.45) is 4.78. The highest BCUT2D eigenvalue weighted by molar-refractivity contribution is 5.85. The zero-order chi connectivity index (χ0) is 12.1. The van der Waals surface area contributed by atoms with Crippen LogP contribution in [0.1, 0.15) is 46.0 Å². The third-order valence-corrected chi connectivity index (χ3v) is 5.44. The van der Waals surface area contributed by atoms with E-state index in [9.17, 15) is 4.79 Å². The van der Waals surface area contributed by atoms with Crippen LogP contribution >= 0.6 is 0 Å². The largest absolute Gasteiger partial charge is 0.347 e. The van der Waals surface area contributed by atoms with Gasteiger partial charge in [-0.05, 0) is 25.2 Å². The van der Waals surface area contributed by atoms with Gasteiger partial charge in [-0.1, -0.05) is 13.8 Å². The topological polar surface area (TPSA) is 35.5 Å². The van der Waals surface area contributed by atoms with Crippen molar-refractivity contribution in [2.45, 2.75) is 51.7 Å². The minimum absolute atomic E-state index is 0.113. The van der Waals surface area contributed by atoms with Crippen molar-refractivity contribution in [2.75, 3.05) is 13.2 Å². The highest BCUT2D eigenvalue weighted by Crippen LogP contribution is 2.55. The van der Waals surface area contributed by atoms with E-state index in [1.165, 1.54) is 0 Å². The Labute approximate surface area is 103 Å². The quantitative estimate of drug-likeness (QED) is 0.650. The van der Waals surface area contributed by atoms with Gasteiger partial charge < -0.3 is 9.47 Å². The molecule has 1 saturated heterocycles. The van der Waals surface area contributed by atoms with E-state index in [2.05, 4.69) is 13.8 Å². The Morgan fingerprint density at radius 3 is 2.65 bits per heavy atom. The van der Waals surface area contributed by atoms with Crippen LogP contribution in [0.15, 0.2) is 0 Å². The number of ketones is 1. The van der Waals surface area contributed by atoms with Crippen molar-refractivity contribution in [3.63, 3.8) is 0 Å². The van der Waals surface area contributed by atoms with E-state index >= 15 is 0 Å². The summed E-state index contributed by atoms with van der Waals surface area (Å²) in [7, 11) is 0. The maximum absolute atomic E-state index is 12.2. The molecule has 1 aliphatic heterocycles. The fourth-order valence-corrected chi connectivity index (χ4v) is 4.27. The lowest BCUT2D eigenvalue weighted by Crippen LogP contribution is -2.55. The first-order valence-electron chi connectivity index (χ1n) is 6.90. The number of hydrogen-bond acceptors (Lipinski definition) is 3. The van der Waals surface area contributed by atoms with E-state index in [4.69, 9.17) is 9.47 Å². The molecule has 2 saturated carbocycles. The molecule has 0 radical (unpaired) electrons. The number of ether oxygens (including phenoxy) is 2. The van der Waals surface area contributed by atoms with Crippen LogP contribution in [-0.2, 0) is 14.3 Å². The lowest BCUT2D eigenvalue weighted by atomic mass is 9.55. The van der Waals surface area contributed by atoms with Crippen molar-refractivity contribution in [1.82, 2.24) is 0 Å². The predicted octanol–water partition coefficient (Wildman–Crippen LogP) is 2.53. The normalized spacial score (nSPS) is 44.9. The standard InChI is InChI=1S/C14H22O3/c1-10-11-4-3-5-12(15)13(11,2)6-7-14(10)16-8-9-17-14/h10-11H,3-9H2,1-2H3/t10-,11-,13-/m0/s1. The van der Waals surface area contributed by atoms with Gasteiger partial charge in [-0.3, -0.25) is 4.79 Å². The monoisotopic (exact) mass is 238 g/mol. The molecule has 1 spiro atoms. The van der Waals surface area contributed by atoms with E-state index in [0.29, 0.717) is 30.8 Å². The van der Waals surface area contributed by atoms with Crippen LogP contribution < -0.4 is 0 Å². The van der Waals surface area contributed by atoms with Crippen LogP contribution in [0.3, 0.4) is 0 Å². The Morgan fingerprint density at radius 2 is 1.94 bits per heavy atom. The van der Waals surface area contributed by atoms with Gasteiger partial charge in [-0.25, -0.2) is 0 Å². The summed E-state index contributed by atoms with van der Waals surface area (Å²) in [6, 6.07) is 0. The average Bonchev–Trinajstić information content (AvgIpc) is 2.78. The van der Waals surface area contributed by atoms with Crippen molar-refractivity contribution >= 4 is 5.78 Å². The lowest BCUT2D eigenvalue weighted by Gasteiger charge is -2.53. The van der Waals surface area contributed by atoms with Crippen LogP contribution in [0, 0.1) is 17.3 Å². The van der Waals surface area contributed by atoms with Crippen LogP contribution in [0.25, 0.3) is 0 Å². The molecule has 3 atom stereocenters. The molecule has 3 aliphatic rings. The van der Waals surface area contributed by atoms with Crippen LogP contribution in [0.5, 0.6) is 0 Å². The molecular weight excluding hydrogens is 216 g/mol. The molecule has 0 amide bonds. The van der Waals surface area contributed by atoms with Gasteiger partial charge in [0.15, 0.2) is 5.79 Å². The van der Waals surface area contributed by atoms with Crippen molar-refractivity contribution in [1.29, 1.82) is 0 Å². The third kappa shape index (κ3) is 1.52. The molecule has 1 heterocycles. The molecule has 3 rings (SSSR count). The van der Waals surface area contributed by atoms with Crippen LogP contribution in [0.2, 0.25) is 0 Å². The summed E-state index contributed by atoms with van der Waals surface area (Å²) in [4.78, 5) is 12.2. The average molecular weight is 238 g/mol. The van der Waals surface area contributed by atoms with E-state index in [0.717, 1.165) is 32.1 Å². The predicted molar refractivity (Wildman–Crippen MR) is 63.5 cm³/mol. The maximum atomic E-state index is 12.2. The highest BCUT2D eigenvalue weighted by Gasteiger charge is 2.58. The van der Waals surface area contributed by atoms with Crippen LogP contribution in [-0.4, -0.2) is 24.8 Å². The molecule has 0 N–H and O–H groups in total. The summed E-state index contributed by atoms with van der Waals surface area (Å²) in [5.74, 6) is 0.874. The van der Waals surface area contributed by atoms with Gasteiger partial charge in [0.05, 0.1) is 13.2 Å². The first-order chi connectivity index (χ1) is 8.08. The molecule has 0 aromatic carbocycles. The first kappa shape index (κ1) is 11.7. The number of carbonyl (C=O) groups is 1. The fourth-order valence-electron chi connectivity index (χ4n) is 4.27. The Morgan fingerprint density at radius 1 is 1.24 bits per heavy atom. The second kappa shape index (κ2) is 3.79. The summed E-state index contributed by atoms with van der Waals surface area (Å²) in [6.45, 7) is 5.80. The second-order valence-corrected chi connectivity index (χ2v) is 6.14. The Kier molecular flexibility index (Phi) is 2.60. The fraction of sp³-hybridized carbons (Fsp3) is 0.929. The minimum atomic E-state index is -0.373. The van der Waals surface area contributed by atoms with Gasteiger partial charge in [0, 0.05) is 24.2 Å². The third-order valence-electron chi connectivity index (χ3n) is 5.44. The lowest BCUT2D eigenvalue weighted by molar-refractivity contribution is -0.242. The zero-order valence-electron chi connectivity index (χ0n) is 10.8. The second-order valence-electron chi connectivity index (χ2n) is 6.14. The number of fused-ring (bicyclic) bond motifs is 1. The van der Waals surface area contributed by atoms with Gasteiger partial charge in [0.25, 0.3) is 0 Å². The Hall–Kier alpha value is -0.410.